The molecule has 0 aromatic carbocycles. The first-order chi connectivity index (χ1) is 4.68. The molecule has 0 aliphatic carbocycles. The Labute approximate surface area is 84.0 Å². The van der Waals surface area contributed by atoms with Crippen LogP contribution in [0.2, 0.25) is 0 Å². The van der Waals surface area contributed by atoms with Crippen molar-refractivity contribution in [3.8, 4) is 12.3 Å². The fraction of sp³-hybridized carbons (Fsp3) is 0.714. The molecular formula is C7H13FINO. The van der Waals surface area contributed by atoms with Crippen LogP contribution in [0.5, 0.6) is 0 Å². The molecule has 2 nitrogen and oxygen atoms in total. The van der Waals surface area contributed by atoms with Crippen molar-refractivity contribution in [2.75, 3.05) is 33.5 Å². The van der Waals surface area contributed by atoms with Crippen LogP contribution in [0.3, 0.4) is 0 Å². The van der Waals surface area contributed by atoms with Gasteiger partial charge < -0.3 is 29.1 Å². The van der Waals surface area contributed by atoms with Crippen molar-refractivity contribution in [2.24, 2.45) is 0 Å². The van der Waals surface area contributed by atoms with E-state index in [0.29, 0.717) is 13.1 Å². The molecule has 0 aliphatic heterocycles. The number of hydrogen-bond acceptors (Lipinski definition) is 1. The van der Waals surface area contributed by atoms with Crippen LogP contribution in [-0.4, -0.2) is 43.1 Å². The number of aliphatic hydroxyl groups is 1. The zero-order valence-electron chi connectivity index (χ0n) is 6.56. The number of nitrogens with zero attached hydrogens (tertiary/aromatic N) is 1. The number of aliphatic hydroxyl groups excluding tert-OH is 1. The van der Waals surface area contributed by atoms with E-state index in [9.17, 15) is 4.39 Å². The summed E-state index contributed by atoms with van der Waals surface area (Å²) in [6, 6.07) is 0. The van der Waals surface area contributed by atoms with Gasteiger partial charge in [-0.3, -0.25) is 4.48 Å². The van der Waals surface area contributed by atoms with Crippen molar-refractivity contribution in [3.63, 3.8) is 0 Å². The zero-order valence-corrected chi connectivity index (χ0v) is 8.71. The molecule has 0 spiro atoms. The van der Waals surface area contributed by atoms with E-state index in [-0.39, 0.29) is 35.1 Å². The van der Waals surface area contributed by atoms with Crippen LogP contribution in [-0.2, 0) is 0 Å². The Morgan fingerprint density at radius 1 is 1.64 bits per heavy atom. The molecule has 0 saturated carbocycles. The number of hydrogen-bond donors (Lipinski definition) is 1. The minimum Gasteiger partial charge on any atom is -1.00 e. The number of alkyl halides is 1. The molecule has 0 aliphatic rings. The lowest BCUT2D eigenvalue weighted by atomic mass is 10.4. The van der Waals surface area contributed by atoms with Gasteiger partial charge in [0.2, 0.25) is 6.80 Å². The molecule has 1 atom stereocenters. The van der Waals surface area contributed by atoms with Gasteiger partial charge in [0.05, 0.1) is 13.7 Å². The zero-order chi connectivity index (χ0) is 8.04. The van der Waals surface area contributed by atoms with Crippen LogP contribution >= 0.6 is 0 Å². The largest absolute Gasteiger partial charge is 1.00 e. The summed E-state index contributed by atoms with van der Waals surface area (Å²) in [5.74, 6) is 2.37. The Kier molecular flexibility index (Phi) is 8.51. The van der Waals surface area contributed by atoms with Gasteiger partial charge in [0.1, 0.15) is 13.1 Å². The highest BCUT2D eigenvalue weighted by atomic mass is 127. The van der Waals surface area contributed by atoms with Gasteiger partial charge in [-0.2, -0.15) is 4.39 Å². The lowest BCUT2D eigenvalue weighted by Gasteiger charge is -2.27. The van der Waals surface area contributed by atoms with Crippen molar-refractivity contribution < 1.29 is 38.0 Å². The molecule has 0 aromatic rings. The van der Waals surface area contributed by atoms with E-state index in [1.54, 1.807) is 7.05 Å². The molecule has 0 saturated heterocycles. The summed E-state index contributed by atoms with van der Waals surface area (Å²) >= 11 is 0. The molecule has 0 bridgehead atoms. The maximum Gasteiger partial charge on any atom is 0.222 e. The van der Waals surface area contributed by atoms with Gasteiger partial charge in [-0.15, -0.1) is 6.42 Å². The van der Waals surface area contributed by atoms with E-state index < -0.39 is 6.80 Å². The van der Waals surface area contributed by atoms with E-state index in [2.05, 4.69) is 5.92 Å². The molecule has 0 radical (unpaired) electrons. The first-order valence-corrected chi connectivity index (χ1v) is 3.12. The summed E-state index contributed by atoms with van der Waals surface area (Å²) in [6.45, 7) is 0.157. The van der Waals surface area contributed by atoms with E-state index in [1.807, 2.05) is 0 Å². The summed E-state index contributed by atoms with van der Waals surface area (Å²) in [6.07, 6.45) is 5.01. The summed E-state index contributed by atoms with van der Waals surface area (Å²) < 4.78 is 12.3. The second-order valence-corrected chi connectivity index (χ2v) is 2.55. The normalized spacial score (nSPS) is 14.4. The maximum absolute atomic E-state index is 12.2. The summed E-state index contributed by atoms with van der Waals surface area (Å²) in [7, 11) is 1.68. The van der Waals surface area contributed by atoms with E-state index >= 15 is 0 Å². The summed E-state index contributed by atoms with van der Waals surface area (Å²) in [5.41, 5.74) is 0. The van der Waals surface area contributed by atoms with Crippen LogP contribution in [0.4, 0.5) is 4.39 Å². The molecule has 0 aromatic heterocycles. The predicted molar refractivity (Wildman–Crippen MR) is 37.8 cm³/mol. The molecule has 0 fully saturated rings. The molecule has 4 heteroatoms. The molecule has 0 heterocycles. The van der Waals surface area contributed by atoms with Crippen LogP contribution in [0.25, 0.3) is 0 Å². The number of terminal acetylenes is 1. The average Bonchev–Trinajstić information content (AvgIpc) is 1.89. The predicted octanol–water partition coefficient (Wildman–Crippen LogP) is -3.01. The third kappa shape index (κ3) is 5.41. The van der Waals surface area contributed by atoms with Crippen LogP contribution in [0.15, 0.2) is 0 Å². The molecule has 1 unspecified atom stereocenters. The third-order valence-corrected chi connectivity index (χ3v) is 1.40. The van der Waals surface area contributed by atoms with Crippen LogP contribution in [0, 0.1) is 12.3 Å². The highest BCUT2D eigenvalue weighted by molar-refractivity contribution is 4.83. The molecule has 0 amide bonds. The van der Waals surface area contributed by atoms with Gasteiger partial charge in [-0.25, -0.2) is 0 Å². The Hall–Kier alpha value is 0.140. The average molecular weight is 273 g/mol. The van der Waals surface area contributed by atoms with Gasteiger partial charge in [-0.05, 0) is 5.92 Å². The number of rotatable bonds is 4. The first-order valence-electron chi connectivity index (χ1n) is 3.12. The van der Waals surface area contributed by atoms with E-state index in [1.165, 1.54) is 0 Å². The summed E-state index contributed by atoms with van der Waals surface area (Å²) in [4.78, 5) is 0. The lowest BCUT2D eigenvalue weighted by molar-refractivity contribution is -0.915. The number of halogens is 2. The fourth-order valence-electron chi connectivity index (χ4n) is 0.643. The smallest absolute Gasteiger partial charge is 0.222 e. The van der Waals surface area contributed by atoms with Crippen molar-refractivity contribution in [2.45, 2.75) is 0 Å². The summed E-state index contributed by atoms with van der Waals surface area (Å²) in [5, 5.41) is 8.51. The molecule has 1 N–H and O–H groups in total. The van der Waals surface area contributed by atoms with Crippen LogP contribution in [0.1, 0.15) is 0 Å². The third-order valence-electron chi connectivity index (χ3n) is 1.40. The Morgan fingerprint density at radius 3 is 2.45 bits per heavy atom. The monoisotopic (exact) mass is 273 g/mol. The van der Waals surface area contributed by atoms with E-state index in [4.69, 9.17) is 11.5 Å². The number of likely N-dealkylation sites (N-methyl/N-ethyl adjacent to an activating group) is 1. The minimum absolute atomic E-state index is 0. The first kappa shape index (κ1) is 13.7. The Bertz CT molecular complexity index is 137. The van der Waals surface area contributed by atoms with Crippen molar-refractivity contribution >= 4 is 0 Å². The number of quaternary nitrogens is 1. The highest BCUT2D eigenvalue weighted by Crippen LogP contribution is 1.99. The SMILES string of the molecule is C#CC[N+](C)(CF)CCO.[I-]. The van der Waals surface area contributed by atoms with Crippen molar-refractivity contribution in [1.29, 1.82) is 0 Å². The van der Waals surface area contributed by atoms with Crippen molar-refractivity contribution in [1.82, 2.24) is 0 Å². The second-order valence-electron chi connectivity index (χ2n) is 2.55. The van der Waals surface area contributed by atoms with Crippen LogP contribution < -0.4 is 24.0 Å². The lowest BCUT2D eigenvalue weighted by Crippen LogP contribution is -3.00. The molecular weight excluding hydrogens is 260 g/mol. The highest BCUT2D eigenvalue weighted by Gasteiger charge is 2.17. The molecule has 11 heavy (non-hydrogen) atoms. The minimum atomic E-state index is -0.523. The Balaban J connectivity index is 0. The van der Waals surface area contributed by atoms with Gasteiger partial charge in [0, 0.05) is 0 Å². The van der Waals surface area contributed by atoms with E-state index in [0.717, 1.165) is 0 Å². The van der Waals surface area contributed by atoms with Gasteiger partial charge in [0.15, 0.2) is 0 Å². The second kappa shape index (κ2) is 6.83. The maximum atomic E-state index is 12.2. The van der Waals surface area contributed by atoms with Gasteiger partial charge >= 0.3 is 0 Å². The molecule has 0 rings (SSSR count). The van der Waals surface area contributed by atoms with Gasteiger partial charge in [0.25, 0.3) is 0 Å². The Morgan fingerprint density at radius 2 is 2.18 bits per heavy atom. The van der Waals surface area contributed by atoms with Gasteiger partial charge in [-0.1, -0.05) is 0 Å². The molecule has 66 valence electrons. The quantitative estimate of drug-likeness (QED) is 0.250. The fourth-order valence-corrected chi connectivity index (χ4v) is 0.643. The topological polar surface area (TPSA) is 20.2 Å². The standard InChI is InChI=1S/C7H13FNO.HI/c1-3-4-9(2,7-8)5-6-10;/h1,10H,4-7H2,2H3;1H/q+1;/p-1. The van der Waals surface area contributed by atoms with Crippen molar-refractivity contribution in [3.05, 3.63) is 0 Å².